The van der Waals surface area contributed by atoms with E-state index in [1.54, 1.807) is 6.07 Å². The lowest BCUT2D eigenvalue weighted by Crippen LogP contribution is -2.08. The predicted molar refractivity (Wildman–Crippen MR) is 106 cm³/mol. The molecule has 0 N–H and O–H groups in total. The molecule has 0 aliphatic carbocycles. The third kappa shape index (κ3) is 6.90. The van der Waals surface area contributed by atoms with Crippen LogP contribution in [-0.2, 0) is 23.2 Å². The smallest absolute Gasteiger partial charge is 0.192 e. The molecule has 0 saturated heterocycles. The number of halogens is 7. The van der Waals surface area contributed by atoms with Gasteiger partial charge in [-0.15, -0.1) is 22.7 Å². The van der Waals surface area contributed by atoms with Crippen molar-refractivity contribution in [2.24, 2.45) is 0 Å². The van der Waals surface area contributed by atoms with Crippen LogP contribution in [0.4, 0.5) is 26.3 Å². The molecule has 0 fully saturated rings. The summed E-state index contributed by atoms with van der Waals surface area (Å²) >= 11 is 6.89. The number of hydrogen-bond donors (Lipinski definition) is 0. The van der Waals surface area contributed by atoms with Crippen LogP contribution < -0.4 is 0 Å². The van der Waals surface area contributed by atoms with E-state index < -0.39 is 22.1 Å². The molecule has 0 saturated carbocycles. The first-order valence-electron chi connectivity index (χ1n) is 8.27. The molecular formula is C19H20ClF6NS2. The minimum Gasteiger partial charge on any atom is -0.192 e. The summed E-state index contributed by atoms with van der Waals surface area (Å²) in [5.41, 5.74) is -0.935. The van der Waals surface area contributed by atoms with Crippen molar-refractivity contribution >= 4 is 34.3 Å². The molecule has 0 radical (unpaired) electrons. The average molecular weight is 476 g/mol. The number of rotatable bonds is 0. The maximum atomic E-state index is 12.5. The van der Waals surface area contributed by atoms with Crippen molar-refractivity contribution in [3.63, 3.8) is 0 Å². The van der Waals surface area contributed by atoms with Crippen LogP contribution in [0.1, 0.15) is 66.6 Å². The fraction of sp³-hybridized carbons (Fsp3) is 0.526. The van der Waals surface area contributed by atoms with E-state index in [1.807, 2.05) is 41.5 Å². The van der Waals surface area contributed by atoms with Gasteiger partial charge in [0, 0.05) is 9.75 Å². The number of alkyl halides is 6. The van der Waals surface area contributed by atoms with Crippen LogP contribution in [0, 0.1) is 11.3 Å². The Morgan fingerprint density at radius 2 is 1.14 bits per heavy atom. The number of hydrogen-bond acceptors (Lipinski definition) is 3. The van der Waals surface area contributed by atoms with Gasteiger partial charge in [0.2, 0.25) is 0 Å². The van der Waals surface area contributed by atoms with Gasteiger partial charge in [0.1, 0.15) is 15.8 Å². The average Bonchev–Trinajstić information content (AvgIpc) is 3.09. The Morgan fingerprint density at radius 3 is 1.38 bits per heavy atom. The number of thiophene rings is 2. The molecule has 0 amide bonds. The second-order valence-electron chi connectivity index (χ2n) is 8.25. The second kappa shape index (κ2) is 8.48. The number of nitriles is 1. The summed E-state index contributed by atoms with van der Waals surface area (Å²) in [5.74, 6) is 0. The van der Waals surface area contributed by atoms with Crippen molar-refractivity contribution in [1.29, 1.82) is 5.26 Å². The Hall–Kier alpha value is -1.24. The molecule has 0 bridgehead atoms. The normalized spacial score (nSPS) is 13.0. The topological polar surface area (TPSA) is 23.8 Å². The Labute approximate surface area is 178 Å². The van der Waals surface area contributed by atoms with Gasteiger partial charge in [0.25, 0.3) is 0 Å². The van der Waals surface area contributed by atoms with Gasteiger partial charge in [-0.1, -0.05) is 53.1 Å². The molecule has 162 valence electrons. The minimum atomic E-state index is -4.43. The maximum Gasteiger partial charge on any atom is 0.427 e. The van der Waals surface area contributed by atoms with Gasteiger partial charge in [0.15, 0.2) is 0 Å². The van der Waals surface area contributed by atoms with Crippen LogP contribution in [0.5, 0.6) is 0 Å². The highest BCUT2D eigenvalue weighted by atomic mass is 35.5. The van der Waals surface area contributed by atoms with Crippen LogP contribution in [0.15, 0.2) is 12.1 Å². The van der Waals surface area contributed by atoms with Crippen LogP contribution in [0.3, 0.4) is 0 Å². The van der Waals surface area contributed by atoms with E-state index in [2.05, 4.69) is 0 Å². The Bertz CT molecular complexity index is 886. The highest BCUT2D eigenvalue weighted by molar-refractivity contribution is 7.13. The summed E-state index contributed by atoms with van der Waals surface area (Å²) in [6, 6.07) is 4.31. The Balaban J connectivity index is 0.000000291. The van der Waals surface area contributed by atoms with Crippen LogP contribution in [0.25, 0.3) is 0 Å². The van der Waals surface area contributed by atoms with Crippen molar-refractivity contribution in [1.82, 2.24) is 0 Å². The SMILES string of the molecule is CC(C)(C)c1cc(C#N)c(C(F)(F)F)s1.CC(C)(C)c1cc(Cl)c(C(F)(F)F)s1. The van der Waals surface area contributed by atoms with E-state index in [1.165, 1.54) is 12.1 Å². The van der Waals surface area contributed by atoms with Crippen molar-refractivity contribution in [2.75, 3.05) is 0 Å². The first kappa shape index (κ1) is 25.8. The van der Waals surface area contributed by atoms with Crippen LogP contribution in [-0.4, -0.2) is 0 Å². The summed E-state index contributed by atoms with van der Waals surface area (Å²) in [6.07, 6.45) is -8.77. The molecule has 0 spiro atoms. The minimum absolute atomic E-state index is 0.201. The summed E-state index contributed by atoms with van der Waals surface area (Å²) < 4.78 is 74.6. The van der Waals surface area contributed by atoms with Gasteiger partial charge in [-0.3, -0.25) is 0 Å². The van der Waals surface area contributed by atoms with E-state index in [9.17, 15) is 26.3 Å². The zero-order chi connectivity index (χ0) is 23.0. The first-order valence-corrected chi connectivity index (χ1v) is 10.3. The van der Waals surface area contributed by atoms with E-state index in [4.69, 9.17) is 16.9 Å². The van der Waals surface area contributed by atoms with E-state index in [-0.39, 0.29) is 21.4 Å². The Morgan fingerprint density at radius 1 is 0.759 bits per heavy atom. The summed E-state index contributed by atoms with van der Waals surface area (Å²) in [7, 11) is 0. The zero-order valence-electron chi connectivity index (χ0n) is 16.6. The van der Waals surface area contributed by atoms with Crippen LogP contribution >= 0.6 is 34.3 Å². The van der Waals surface area contributed by atoms with Crippen molar-refractivity contribution in [3.8, 4) is 6.07 Å². The predicted octanol–water partition coefficient (Wildman–Crippen LogP) is 8.65. The van der Waals surface area contributed by atoms with E-state index in [0.29, 0.717) is 32.4 Å². The zero-order valence-corrected chi connectivity index (χ0v) is 19.0. The maximum absolute atomic E-state index is 12.5. The van der Waals surface area contributed by atoms with Gasteiger partial charge in [-0.25, -0.2) is 0 Å². The van der Waals surface area contributed by atoms with E-state index in [0.717, 1.165) is 0 Å². The highest BCUT2D eigenvalue weighted by Crippen LogP contribution is 2.44. The molecule has 2 heterocycles. The monoisotopic (exact) mass is 475 g/mol. The largest absolute Gasteiger partial charge is 0.427 e. The first-order chi connectivity index (χ1) is 12.8. The quantitative estimate of drug-likeness (QED) is 0.350. The van der Waals surface area contributed by atoms with Crippen molar-refractivity contribution < 1.29 is 26.3 Å². The molecule has 0 atom stereocenters. The third-order valence-electron chi connectivity index (χ3n) is 3.53. The van der Waals surface area contributed by atoms with Crippen LogP contribution in [0.2, 0.25) is 5.02 Å². The lowest BCUT2D eigenvalue weighted by atomic mass is 9.94. The van der Waals surface area contributed by atoms with Gasteiger partial charge in [0.05, 0.1) is 10.6 Å². The molecule has 2 aromatic heterocycles. The number of nitrogens with zero attached hydrogens (tertiary/aromatic N) is 1. The van der Waals surface area contributed by atoms with Gasteiger partial charge in [-0.2, -0.15) is 31.6 Å². The fourth-order valence-corrected chi connectivity index (χ4v) is 4.39. The molecule has 2 aromatic rings. The third-order valence-corrected chi connectivity index (χ3v) is 7.15. The summed E-state index contributed by atoms with van der Waals surface area (Å²) in [6.45, 7) is 11.0. The molecule has 29 heavy (non-hydrogen) atoms. The highest BCUT2D eigenvalue weighted by Gasteiger charge is 2.38. The van der Waals surface area contributed by atoms with E-state index >= 15 is 0 Å². The Kier molecular flexibility index (Phi) is 7.54. The molecule has 0 unspecified atom stereocenters. The molecule has 0 aliphatic heterocycles. The molecule has 0 aliphatic rings. The van der Waals surface area contributed by atoms with Crippen molar-refractivity contribution in [3.05, 3.63) is 42.2 Å². The molecule has 10 heteroatoms. The second-order valence-corrected chi connectivity index (χ2v) is 10.8. The summed E-state index contributed by atoms with van der Waals surface area (Å²) in [5, 5.41) is 8.42. The van der Waals surface area contributed by atoms with Gasteiger partial charge < -0.3 is 0 Å². The van der Waals surface area contributed by atoms with Crippen molar-refractivity contribution in [2.45, 2.75) is 64.7 Å². The lowest BCUT2D eigenvalue weighted by Gasteiger charge is -2.15. The van der Waals surface area contributed by atoms with Gasteiger partial charge >= 0.3 is 12.4 Å². The van der Waals surface area contributed by atoms with Gasteiger partial charge in [-0.05, 0) is 23.0 Å². The standard InChI is InChI=1S/C10H10F3NS.C9H10ClF3S/c1-9(2,3)7-4-6(5-14)8(15-7)10(11,12)13;1-8(2,3)6-4-5(10)7(14-6)9(11,12)13/h4H,1-3H3;4H,1-3H3. The molecule has 0 aromatic carbocycles. The molecule has 1 nitrogen and oxygen atoms in total. The molecular weight excluding hydrogens is 456 g/mol. The fourth-order valence-electron chi connectivity index (χ4n) is 1.99. The summed E-state index contributed by atoms with van der Waals surface area (Å²) in [4.78, 5) is -0.278. The molecule has 2 rings (SSSR count). The lowest BCUT2D eigenvalue weighted by molar-refractivity contribution is -0.135.